The Morgan fingerprint density at radius 3 is 2.62 bits per heavy atom. The molecule has 0 unspecified atom stereocenters. The molecule has 0 aliphatic heterocycles. The quantitative estimate of drug-likeness (QED) is 0.845. The van der Waals surface area contributed by atoms with Gasteiger partial charge >= 0.3 is 6.18 Å². The summed E-state index contributed by atoms with van der Waals surface area (Å²) in [5.74, 6) is 0. The van der Waals surface area contributed by atoms with Crippen molar-refractivity contribution < 1.29 is 13.2 Å². The topological polar surface area (TPSA) is 46.5 Å². The van der Waals surface area contributed by atoms with Gasteiger partial charge in [0.05, 0.1) is 23.8 Å². The minimum Gasteiger partial charge on any atom is -0.344 e. The van der Waals surface area contributed by atoms with Gasteiger partial charge in [-0.15, -0.1) is 0 Å². The van der Waals surface area contributed by atoms with Crippen LogP contribution in [0.5, 0.6) is 0 Å². The third-order valence-electron chi connectivity index (χ3n) is 2.01. The van der Waals surface area contributed by atoms with Crippen LogP contribution in [0.3, 0.4) is 0 Å². The molecule has 86 valence electrons. The molecule has 0 radical (unpaired) electrons. The van der Waals surface area contributed by atoms with E-state index in [9.17, 15) is 13.2 Å². The van der Waals surface area contributed by atoms with Crippen LogP contribution in [-0.4, -0.2) is 19.7 Å². The largest absolute Gasteiger partial charge is 0.435 e. The number of nitrogens with one attached hydrogen (secondary N) is 1. The van der Waals surface area contributed by atoms with E-state index in [-0.39, 0.29) is 16.4 Å². The summed E-state index contributed by atoms with van der Waals surface area (Å²) in [5, 5.41) is 3.26. The van der Waals surface area contributed by atoms with E-state index < -0.39 is 11.9 Å². The number of hydrogen-bond acceptors (Lipinski definition) is 2. The highest BCUT2D eigenvalue weighted by molar-refractivity contribution is 6.32. The van der Waals surface area contributed by atoms with Crippen molar-refractivity contribution in [1.29, 1.82) is 0 Å². The van der Waals surface area contributed by atoms with Crippen molar-refractivity contribution in [3.8, 4) is 11.3 Å². The Kier molecular flexibility index (Phi) is 2.42. The van der Waals surface area contributed by atoms with Crippen molar-refractivity contribution in [2.24, 2.45) is 7.05 Å². The second-order valence-electron chi connectivity index (χ2n) is 3.10. The maximum atomic E-state index is 12.7. The van der Waals surface area contributed by atoms with Crippen molar-refractivity contribution in [2.75, 3.05) is 0 Å². The van der Waals surface area contributed by atoms with Crippen molar-refractivity contribution in [3.05, 3.63) is 23.4 Å². The molecule has 0 aliphatic rings. The number of H-pyrrole nitrogens is 1. The van der Waals surface area contributed by atoms with Crippen LogP contribution in [0.2, 0.25) is 5.15 Å². The van der Waals surface area contributed by atoms with Crippen LogP contribution < -0.4 is 0 Å². The van der Waals surface area contributed by atoms with Crippen LogP contribution in [0.25, 0.3) is 11.3 Å². The minimum atomic E-state index is -4.55. The van der Waals surface area contributed by atoms with Gasteiger partial charge in [0.2, 0.25) is 0 Å². The van der Waals surface area contributed by atoms with Gasteiger partial charge in [0, 0.05) is 7.05 Å². The number of aryl methyl sites for hydroxylation is 1. The minimum absolute atomic E-state index is 0.0865. The van der Waals surface area contributed by atoms with Crippen LogP contribution in [0.4, 0.5) is 13.2 Å². The van der Waals surface area contributed by atoms with Crippen LogP contribution in [0.15, 0.2) is 12.5 Å². The first-order chi connectivity index (χ1) is 7.41. The Morgan fingerprint density at radius 2 is 2.12 bits per heavy atom. The highest BCUT2D eigenvalue weighted by Gasteiger charge is 2.39. The molecule has 0 atom stereocenters. The van der Waals surface area contributed by atoms with Gasteiger partial charge in [-0.05, 0) is 0 Å². The van der Waals surface area contributed by atoms with Crippen LogP contribution in [0, 0.1) is 0 Å². The van der Waals surface area contributed by atoms with Gasteiger partial charge in [-0.3, -0.25) is 4.68 Å². The molecule has 8 heteroatoms. The first-order valence-corrected chi connectivity index (χ1v) is 4.57. The molecule has 0 bridgehead atoms. The first kappa shape index (κ1) is 11.0. The summed E-state index contributed by atoms with van der Waals surface area (Å²) in [4.78, 5) is 6.22. The van der Waals surface area contributed by atoms with E-state index in [4.69, 9.17) is 11.6 Å². The monoisotopic (exact) mass is 250 g/mol. The van der Waals surface area contributed by atoms with Gasteiger partial charge < -0.3 is 4.98 Å². The predicted molar refractivity (Wildman–Crippen MR) is 50.8 cm³/mol. The molecule has 0 aliphatic carbocycles. The SMILES string of the molecule is Cn1nc(C(F)(F)F)c(-c2cnc[nH]2)c1Cl. The standard InChI is InChI=1S/C8H6ClF3N4/c1-16-7(9)5(4-2-13-3-14-4)6(15-16)8(10,11)12/h2-3H,1H3,(H,13,14). The van der Waals surface area contributed by atoms with E-state index in [1.54, 1.807) is 0 Å². The second-order valence-corrected chi connectivity index (χ2v) is 3.46. The van der Waals surface area contributed by atoms with Crippen molar-refractivity contribution in [2.45, 2.75) is 6.18 Å². The lowest BCUT2D eigenvalue weighted by molar-refractivity contribution is -0.141. The maximum Gasteiger partial charge on any atom is 0.435 e. The number of hydrogen-bond donors (Lipinski definition) is 1. The molecular weight excluding hydrogens is 245 g/mol. The van der Waals surface area contributed by atoms with Crippen LogP contribution in [0.1, 0.15) is 5.69 Å². The molecule has 16 heavy (non-hydrogen) atoms. The third-order valence-corrected chi connectivity index (χ3v) is 2.45. The average molecular weight is 251 g/mol. The smallest absolute Gasteiger partial charge is 0.344 e. The molecular formula is C8H6ClF3N4. The molecule has 0 saturated carbocycles. The van der Waals surface area contributed by atoms with Gasteiger partial charge in [0.15, 0.2) is 5.69 Å². The Balaban J connectivity index is 2.68. The summed E-state index contributed by atoms with van der Waals surface area (Å²) in [6.45, 7) is 0. The van der Waals surface area contributed by atoms with Gasteiger partial charge in [0.1, 0.15) is 5.15 Å². The predicted octanol–water partition coefficient (Wildman–Crippen LogP) is 2.48. The Labute approximate surface area is 93.1 Å². The van der Waals surface area contributed by atoms with Gasteiger partial charge in [-0.1, -0.05) is 11.6 Å². The highest BCUT2D eigenvalue weighted by atomic mass is 35.5. The Morgan fingerprint density at radius 1 is 1.44 bits per heavy atom. The molecule has 2 rings (SSSR count). The average Bonchev–Trinajstić information content (AvgIpc) is 2.75. The van der Waals surface area contributed by atoms with Gasteiger partial charge in [-0.25, -0.2) is 4.98 Å². The number of alkyl halides is 3. The van der Waals surface area contributed by atoms with E-state index in [0.29, 0.717) is 0 Å². The number of halogens is 4. The summed E-state index contributed by atoms with van der Waals surface area (Å²) >= 11 is 5.76. The molecule has 0 spiro atoms. The fourth-order valence-corrected chi connectivity index (χ4v) is 1.56. The van der Waals surface area contributed by atoms with Crippen molar-refractivity contribution in [3.63, 3.8) is 0 Å². The fourth-order valence-electron chi connectivity index (χ4n) is 1.33. The maximum absolute atomic E-state index is 12.7. The lowest BCUT2D eigenvalue weighted by Gasteiger charge is -2.04. The highest BCUT2D eigenvalue weighted by Crippen LogP contribution is 2.39. The zero-order valence-electron chi connectivity index (χ0n) is 8.01. The lowest BCUT2D eigenvalue weighted by Crippen LogP contribution is -2.08. The molecule has 0 aromatic carbocycles. The zero-order valence-corrected chi connectivity index (χ0v) is 8.76. The number of aromatic nitrogens is 4. The van der Waals surface area contributed by atoms with E-state index in [2.05, 4.69) is 15.1 Å². The van der Waals surface area contributed by atoms with Crippen molar-refractivity contribution >= 4 is 11.6 Å². The fraction of sp³-hybridized carbons (Fsp3) is 0.250. The van der Waals surface area contributed by atoms with E-state index in [0.717, 1.165) is 4.68 Å². The first-order valence-electron chi connectivity index (χ1n) is 4.19. The van der Waals surface area contributed by atoms with Gasteiger partial charge in [0.25, 0.3) is 0 Å². The molecule has 1 N–H and O–H groups in total. The summed E-state index contributed by atoms with van der Waals surface area (Å²) in [7, 11) is 1.34. The second kappa shape index (κ2) is 3.51. The molecule has 2 heterocycles. The van der Waals surface area contributed by atoms with Crippen LogP contribution in [-0.2, 0) is 13.2 Å². The van der Waals surface area contributed by atoms with Crippen molar-refractivity contribution in [1.82, 2.24) is 19.7 Å². The summed E-state index contributed by atoms with van der Waals surface area (Å²) in [5.41, 5.74) is -1.02. The Bertz CT molecular complexity index is 500. The molecule has 2 aromatic rings. The number of nitrogens with zero attached hydrogens (tertiary/aromatic N) is 3. The molecule has 0 saturated heterocycles. The van der Waals surface area contributed by atoms with E-state index >= 15 is 0 Å². The zero-order chi connectivity index (χ0) is 11.9. The third kappa shape index (κ3) is 1.67. The summed E-state index contributed by atoms with van der Waals surface area (Å²) in [6, 6.07) is 0. The summed E-state index contributed by atoms with van der Waals surface area (Å²) in [6.07, 6.45) is -2.01. The Hall–Kier alpha value is -1.50. The van der Waals surface area contributed by atoms with Crippen LogP contribution >= 0.6 is 11.6 Å². The number of aromatic amines is 1. The number of imidazole rings is 1. The summed E-state index contributed by atoms with van der Waals surface area (Å²) < 4.78 is 39.0. The van der Waals surface area contributed by atoms with Gasteiger partial charge in [-0.2, -0.15) is 18.3 Å². The number of rotatable bonds is 1. The molecule has 4 nitrogen and oxygen atoms in total. The van der Waals surface area contributed by atoms with E-state index in [1.165, 1.54) is 19.6 Å². The van der Waals surface area contributed by atoms with E-state index in [1.807, 2.05) is 0 Å². The molecule has 0 amide bonds. The lowest BCUT2D eigenvalue weighted by atomic mass is 10.2. The molecule has 0 fully saturated rings. The normalized spacial score (nSPS) is 12.1. The molecule has 2 aromatic heterocycles.